The number of amides is 1. The molecule has 7 heteroatoms. The van der Waals surface area contributed by atoms with Gasteiger partial charge in [-0.1, -0.05) is 11.6 Å². The molecule has 1 aromatic heterocycles. The molecular formula is C15H18ClN3O3. The van der Waals surface area contributed by atoms with Crippen molar-refractivity contribution in [3.8, 4) is 0 Å². The van der Waals surface area contributed by atoms with Gasteiger partial charge in [0, 0.05) is 25.2 Å². The van der Waals surface area contributed by atoms with Crippen molar-refractivity contribution in [1.82, 2.24) is 14.8 Å². The molecule has 6 nitrogen and oxygen atoms in total. The molecule has 2 aromatic rings. The van der Waals surface area contributed by atoms with E-state index in [2.05, 4.69) is 5.10 Å². The van der Waals surface area contributed by atoms with Crippen LogP contribution in [0.25, 0.3) is 10.9 Å². The van der Waals surface area contributed by atoms with E-state index in [0.29, 0.717) is 21.5 Å². The average molecular weight is 324 g/mol. The molecule has 1 aliphatic rings. The molecule has 0 aliphatic carbocycles. The number of hydroxylamine groups is 2. The van der Waals surface area contributed by atoms with Crippen LogP contribution in [0.4, 0.5) is 0 Å². The van der Waals surface area contributed by atoms with Crippen LogP contribution in [0.15, 0.2) is 18.3 Å². The number of benzene rings is 1. The molecule has 22 heavy (non-hydrogen) atoms. The highest BCUT2D eigenvalue weighted by Crippen LogP contribution is 2.29. The molecule has 118 valence electrons. The topological polar surface area (TPSA) is 56.6 Å². The molecule has 0 saturated carbocycles. The minimum atomic E-state index is -0.242. The number of nitrogens with zero attached hydrogens (tertiary/aromatic N) is 3. The quantitative estimate of drug-likeness (QED) is 0.815. The van der Waals surface area contributed by atoms with Crippen LogP contribution in [-0.2, 0) is 9.57 Å². The molecule has 1 fully saturated rings. The molecular weight excluding hydrogens is 306 g/mol. The Balaban J connectivity index is 2.05. The monoisotopic (exact) mass is 323 g/mol. The Hall–Kier alpha value is -1.63. The van der Waals surface area contributed by atoms with Gasteiger partial charge in [0.2, 0.25) is 0 Å². The van der Waals surface area contributed by atoms with Crippen molar-refractivity contribution >= 4 is 28.4 Å². The van der Waals surface area contributed by atoms with Gasteiger partial charge in [-0.3, -0.25) is 9.63 Å². The number of aromatic nitrogens is 2. The van der Waals surface area contributed by atoms with E-state index >= 15 is 0 Å². The lowest BCUT2D eigenvalue weighted by atomic mass is 10.1. The van der Waals surface area contributed by atoms with Crippen LogP contribution >= 0.6 is 11.6 Å². The SMILES string of the molecule is CON(C)C(=O)c1ccc(Cl)c2nn(C3CCCCO3)cc12. The highest BCUT2D eigenvalue weighted by molar-refractivity contribution is 6.35. The van der Waals surface area contributed by atoms with Crippen LogP contribution in [0.1, 0.15) is 35.8 Å². The van der Waals surface area contributed by atoms with Crippen molar-refractivity contribution in [3.63, 3.8) is 0 Å². The maximum absolute atomic E-state index is 12.4. The molecule has 0 bridgehead atoms. The third kappa shape index (κ3) is 2.69. The van der Waals surface area contributed by atoms with E-state index in [4.69, 9.17) is 21.2 Å². The average Bonchev–Trinajstić information content (AvgIpc) is 3.01. The van der Waals surface area contributed by atoms with Crippen LogP contribution in [-0.4, -0.2) is 41.5 Å². The van der Waals surface area contributed by atoms with Crippen molar-refractivity contribution < 1.29 is 14.4 Å². The van der Waals surface area contributed by atoms with E-state index in [1.807, 2.05) is 6.20 Å². The number of carbonyl (C=O) groups is 1. The summed E-state index contributed by atoms with van der Waals surface area (Å²) < 4.78 is 7.50. The summed E-state index contributed by atoms with van der Waals surface area (Å²) in [6, 6.07) is 3.37. The van der Waals surface area contributed by atoms with Gasteiger partial charge in [0.1, 0.15) is 11.7 Å². The van der Waals surface area contributed by atoms with Crippen molar-refractivity contribution in [3.05, 3.63) is 28.9 Å². The fourth-order valence-corrected chi connectivity index (χ4v) is 2.81. The second-order valence-corrected chi connectivity index (χ2v) is 5.68. The highest BCUT2D eigenvalue weighted by Gasteiger charge is 2.22. The van der Waals surface area contributed by atoms with E-state index in [0.717, 1.165) is 25.9 Å². The fraction of sp³-hybridized carbons (Fsp3) is 0.467. The molecule has 1 aliphatic heterocycles. The van der Waals surface area contributed by atoms with Crippen LogP contribution < -0.4 is 0 Å². The first-order chi connectivity index (χ1) is 10.6. The Morgan fingerprint density at radius 2 is 2.32 bits per heavy atom. The smallest absolute Gasteiger partial charge is 0.277 e. The Bertz CT molecular complexity index is 695. The lowest BCUT2D eigenvalue weighted by molar-refractivity contribution is -0.0755. The number of rotatable bonds is 3. The normalized spacial score (nSPS) is 18.6. The summed E-state index contributed by atoms with van der Waals surface area (Å²) in [7, 11) is 3.02. The number of hydrogen-bond acceptors (Lipinski definition) is 4. The number of ether oxygens (including phenoxy) is 1. The first kappa shape index (κ1) is 15.3. The summed E-state index contributed by atoms with van der Waals surface area (Å²) in [5.74, 6) is -0.242. The molecule has 1 amide bonds. The minimum absolute atomic E-state index is 0.0969. The third-order valence-electron chi connectivity index (χ3n) is 3.89. The molecule has 1 aromatic carbocycles. The molecule has 3 rings (SSSR count). The van der Waals surface area contributed by atoms with Gasteiger partial charge in [0.25, 0.3) is 5.91 Å². The van der Waals surface area contributed by atoms with Gasteiger partial charge in [-0.05, 0) is 31.4 Å². The first-order valence-electron chi connectivity index (χ1n) is 7.23. The van der Waals surface area contributed by atoms with Gasteiger partial charge in [-0.2, -0.15) is 5.10 Å². The zero-order valence-electron chi connectivity index (χ0n) is 12.6. The van der Waals surface area contributed by atoms with Crippen molar-refractivity contribution in [2.45, 2.75) is 25.5 Å². The van der Waals surface area contributed by atoms with Crippen LogP contribution in [0, 0.1) is 0 Å². The molecule has 0 radical (unpaired) electrons. The summed E-state index contributed by atoms with van der Waals surface area (Å²) in [4.78, 5) is 17.3. The third-order valence-corrected chi connectivity index (χ3v) is 4.19. The highest BCUT2D eigenvalue weighted by atomic mass is 35.5. The lowest BCUT2D eigenvalue weighted by Gasteiger charge is -2.22. The van der Waals surface area contributed by atoms with Gasteiger partial charge < -0.3 is 4.74 Å². The van der Waals surface area contributed by atoms with Crippen molar-refractivity contribution in [1.29, 1.82) is 0 Å². The Labute approximate surface area is 133 Å². The van der Waals surface area contributed by atoms with Gasteiger partial charge in [-0.25, -0.2) is 9.75 Å². The second-order valence-electron chi connectivity index (χ2n) is 5.27. The summed E-state index contributed by atoms with van der Waals surface area (Å²) in [6.07, 6.45) is 4.81. The maximum atomic E-state index is 12.4. The molecule has 2 heterocycles. The Kier molecular flexibility index (Phi) is 4.33. The largest absolute Gasteiger partial charge is 0.357 e. The van der Waals surface area contributed by atoms with Crippen LogP contribution in [0.3, 0.4) is 0 Å². The first-order valence-corrected chi connectivity index (χ1v) is 7.60. The molecule has 1 saturated heterocycles. The standard InChI is InChI=1S/C15H18ClN3O3/c1-18(21-2)15(20)10-6-7-12(16)14-11(10)9-19(17-14)13-5-3-4-8-22-13/h6-7,9,13H,3-5,8H2,1-2H3. The molecule has 1 unspecified atom stereocenters. The van der Waals surface area contributed by atoms with Gasteiger partial charge in [0.05, 0.1) is 17.7 Å². The summed E-state index contributed by atoms with van der Waals surface area (Å²) >= 11 is 6.23. The van der Waals surface area contributed by atoms with Gasteiger partial charge in [0.15, 0.2) is 0 Å². The predicted molar refractivity (Wildman–Crippen MR) is 82.7 cm³/mol. The number of hydrogen-bond donors (Lipinski definition) is 0. The van der Waals surface area contributed by atoms with Gasteiger partial charge >= 0.3 is 0 Å². The van der Waals surface area contributed by atoms with E-state index in [1.54, 1.807) is 23.9 Å². The van der Waals surface area contributed by atoms with Crippen LogP contribution in [0.5, 0.6) is 0 Å². The van der Waals surface area contributed by atoms with E-state index in [-0.39, 0.29) is 12.1 Å². The summed E-state index contributed by atoms with van der Waals surface area (Å²) in [5.41, 5.74) is 1.11. The number of halogens is 1. The number of carbonyl (C=O) groups excluding carboxylic acids is 1. The van der Waals surface area contributed by atoms with E-state index in [1.165, 1.54) is 12.2 Å². The molecule has 0 N–H and O–H groups in total. The maximum Gasteiger partial charge on any atom is 0.277 e. The summed E-state index contributed by atoms with van der Waals surface area (Å²) in [6.45, 7) is 0.729. The summed E-state index contributed by atoms with van der Waals surface area (Å²) in [5, 5.41) is 6.91. The fourth-order valence-electron chi connectivity index (χ4n) is 2.61. The predicted octanol–water partition coefficient (Wildman–Crippen LogP) is 3.02. The molecule has 1 atom stereocenters. The lowest BCUT2D eigenvalue weighted by Crippen LogP contribution is -2.25. The second kappa shape index (κ2) is 6.24. The Morgan fingerprint density at radius 1 is 1.50 bits per heavy atom. The number of fused-ring (bicyclic) bond motifs is 1. The van der Waals surface area contributed by atoms with Crippen molar-refractivity contribution in [2.75, 3.05) is 20.8 Å². The van der Waals surface area contributed by atoms with Gasteiger partial charge in [-0.15, -0.1) is 0 Å². The zero-order chi connectivity index (χ0) is 15.7. The van der Waals surface area contributed by atoms with E-state index in [9.17, 15) is 4.79 Å². The van der Waals surface area contributed by atoms with Crippen molar-refractivity contribution in [2.24, 2.45) is 0 Å². The minimum Gasteiger partial charge on any atom is -0.357 e. The molecule has 0 spiro atoms. The Morgan fingerprint density at radius 3 is 3.00 bits per heavy atom. The zero-order valence-corrected chi connectivity index (χ0v) is 13.3. The van der Waals surface area contributed by atoms with Crippen LogP contribution in [0.2, 0.25) is 5.02 Å². The van der Waals surface area contributed by atoms with E-state index < -0.39 is 0 Å².